The predicted octanol–water partition coefficient (Wildman–Crippen LogP) is 6.04. The van der Waals surface area contributed by atoms with E-state index in [4.69, 9.17) is 0 Å². The van der Waals surface area contributed by atoms with Crippen LogP contribution in [-0.4, -0.2) is 51.1 Å². The van der Waals surface area contributed by atoms with E-state index >= 15 is 4.39 Å². The van der Waals surface area contributed by atoms with E-state index in [0.717, 1.165) is 30.3 Å². The van der Waals surface area contributed by atoms with Gasteiger partial charge in [0.1, 0.15) is 0 Å². The fourth-order valence-corrected chi connectivity index (χ4v) is 6.93. The molecule has 7 rings (SSSR count). The number of fused-ring (bicyclic) bond motifs is 1. The van der Waals surface area contributed by atoms with Crippen LogP contribution in [0, 0.1) is 11.6 Å². The Labute approximate surface area is 234 Å². The third-order valence-corrected chi connectivity index (χ3v) is 9.95. The Morgan fingerprint density at radius 1 is 1.07 bits per heavy atom. The van der Waals surface area contributed by atoms with Crippen LogP contribution in [-0.2, 0) is 11.6 Å². The molecule has 1 spiro atoms. The number of azo groups is 1. The average Bonchev–Trinajstić information content (AvgIpc) is 3.19. The van der Waals surface area contributed by atoms with Crippen molar-refractivity contribution in [1.29, 1.82) is 0 Å². The second kappa shape index (κ2) is 9.08. The van der Waals surface area contributed by atoms with E-state index < -0.39 is 29.0 Å². The highest BCUT2D eigenvalue weighted by atomic mass is 19.4. The van der Waals surface area contributed by atoms with Gasteiger partial charge in [0.25, 0.3) is 0 Å². The van der Waals surface area contributed by atoms with Gasteiger partial charge in [0.15, 0.2) is 6.17 Å². The zero-order chi connectivity index (χ0) is 28.7. The SMILES string of the molecule is C[C@H](c1cc(C(F)(F)F)c2cn(-c3cccc(C4([C@@H](F)[C]5N=NC=[N+]5C)CCC4)c3)c(=O)n2c1)N1CCC2(CC2)C1. The largest absolute Gasteiger partial charge is 0.418 e. The van der Waals surface area contributed by atoms with Crippen molar-refractivity contribution in [2.24, 2.45) is 15.6 Å². The highest BCUT2D eigenvalue weighted by Crippen LogP contribution is 2.54. The zero-order valence-electron chi connectivity index (χ0n) is 23.0. The first kappa shape index (κ1) is 26.6. The van der Waals surface area contributed by atoms with Crippen LogP contribution in [0.2, 0.25) is 0 Å². The normalized spacial score (nSPS) is 23.2. The number of pyridine rings is 1. The van der Waals surface area contributed by atoms with Crippen LogP contribution < -0.4 is 5.69 Å². The number of benzene rings is 1. The highest BCUT2D eigenvalue weighted by Gasteiger charge is 2.54. The van der Waals surface area contributed by atoms with Crippen LogP contribution in [0.15, 0.2) is 57.7 Å². The molecule has 4 aliphatic rings. The van der Waals surface area contributed by atoms with Crippen molar-refractivity contribution in [3.05, 3.63) is 76.1 Å². The van der Waals surface area contributed by atoms with Crippen LogP contribution in [0.1, 0.15) is 68.2 Å². The van der Waals surface area contributed by atoms with E-state index in [2.05, 4.69) is 15.1 Å². The molecule has 2 atom stereocenters. The summed E-state index contributed by atoms with van der Waals surface area (Å²) in [6, 6.07) is 7.87. The fourth-order valence-electron chi connectivity index (χ4n) is 6.93. The summed E-state index contributed by atoms with van der Waals surface area (Å²) in [4.78, 5) is 15.9. The number of alkyl halides is 4. The first-order chi connectivity index (χ1) is 19.5. The Kier molecular flexibility index (Phi) is 5.88. The maximum atomic E-state index is 16.0. The second-order valence-corrected chi connectivity index (χ2v) is 12.3. The van der Waals surface area contributed by atoms with Crippen molar-refractivity contribution in [1.82, 2.24) is 13.9 Å². The van der Waals surface area contributed by atoms with Gasteiger partial charge in [-0.15, -0.1) is 0 Å². The fraction of sp³-hybridized carbons (Fsp3) is 0.500. The molecule has 2 aromatic heterocycles. The highest BCUT2D eigenvalue weighted by molar-refractivity contribution is 5.58. The van der Waals surface area contributed by atoms with Crippen molar-refractivity contribution in [2.75, 3.05) is 20.1 Å². The molecule has 2 aliphatic carbocycles. The summed E-state index contributed by atoms with van der Waals surface area (Å²) in [5, 5.41) is 7.80. The van der Waals surface area contributed by atoms with Gasteiger partial charge in [-0.1, -0.05) is 18.6 Å². The van der Waals surface area contributed by atoms with Crippen molar-refractivity contribution < 1.29 is 22.1 Å². The molecule has 1 saturated heterocycles. The molecule has 2 saturated carbocycles. The number of rotatable bonds is 6. The van der Waals surface area contributed by atoms with Crippen molar-refractivity contribution in [2.45, 2.75) is 69.3 Å². The lowest BCUT2D eigenvalue weighted by Crippen LogP contribution is -2.47. The van der Waals surface area contributed by atoms with E-state index in [9.17, 15) is 18.0 Å². The lowest BCUT2D eigenvalue weighted by molar-refractivity contribution is -0.484. The number of halogens is 4. The summed E-state index contributed by atoms with van der Waals surface area (Å²) in [7, 11) is 1.69. The van der Waals surface area contributed by atoms with Crippen LogP contribution in [0.3, 0.4) is 0 Å². The Morgan fingerprint density at radius 2 is 1.85 bits per heavy atom. The molecule has 0 unspecified atom stereocenters. The molecule has 11 heteroatoms. The second-order valence-electron chi connectivity index (χ2n) is 12.3. The molecule has 3 fully saturated rings. The lowest BCUT2D eigenvalue weighted by atomic mass is 9.61. The van der Waals surface area contributed by atoms with Gasteiger partial charge in [-0.25, -0.2) is 13.8 Å². The summed E-state index contributed by atoms with van der Waals surface area (Å²) < 4.78 is 62.9. The van der Waals surface area contributed by atoms with Gasteiger partial charge in [-0.3, -0.25) is 13.9 Å². The summed E-state index contributed by atoms with van der Waals surface area (Å²) in [5.74, 6) is 0. The van der Waals surface area contributed by atoms with E-state index in [1.54, 1.807) is 36.0 Å². The van der Waals surface area contributed by atoms with Gasteiger partial charge in [0.05, 0.1) is 28.9 Å². The quantitative estimate of drug-likeness (QED) is 0.269. The number of likely N-dealkylation sites (tertiary alicyclic amines) is 1. The molecule has 3 aromatic rings. The molecule has 215 valence electrons. The monoisotopic (exact) mass is 568 g/mol. The molecule has 1 radical (unpaired) electrons. The smallest absolute Gasteiger partial charge is 0.296 e. The molecular formula is C30H32F4N6O+. The van der Waals surface area contributed by atoms with Crippen LogP contribution in [0.25, 0.3) is 11.2 Å². The first-order valence-electron chi connectivity index (χ1n) is 14.2. The van der Waals surface area contributed by atoms with Crippen LogP contribution in [0.4, 0.5) is 17.6 Å². The minimum absolute atomic E-state index is 0.204. The van der Waals surface area contributed by atoms with E-state index in [-0.39, 0.29) is 17.7 Å². The average molecular weight is 569 g/mol. The molecule has 0 amide bonds. The molecule has 4 heterocycles. The Bertz CT molecular complexity index is 1640. The predicted molar refractivity (Wildman–Crippen MR) is 145 cm³/mol. The van der Waals surface area contributed by atoms with Crippen LogP contribution in [0.5, 0.6) is 0 Å². The maximum absolute atomic E-state index is 16.0. The topological polar surface area (TPSA) is 57.4 Å². The number of nitrogens with zero attached hydrogens (tertiary/aromatic N) is 6. The van der Waals surface area contributed by atoms with Gasteiger partial charge in [0, 0.05) is 30.4 Å². The first-order valence-corrected chi connectivity index (χ1v) is 14.2. The lowest BCUT2D eigenvalue weighted by Gasteiger charge is -2.44. The summed E-state index contributed by atoms with van der Waals surface area (Å²) >= 11 is 0. The third kappa shape index (κ3) is 4.18. The van der Waals surface area contributed by atoms with Gasteiger partial charge in [-0.2, -0.15) is 13.2 Å². The van der Waals surface area contributed by atoms with Gasteiger partial charge < -0.3 is 0 Å². The number of imidazole rings is 1. The molecule has 2 aliphatic heterocycles. The minimum Gasteiger partial charge on any atom is -0.296 e. The number of aromatic nitrogens is 2. The van der Waals surface area contributed by atoms with Crippen LogP contribution >= 0.6 is 0 Å². The maximum Gasteiger partial charge on any atom is 0.418 e. The minimum atomic E-state index is -4.64. The number of hydrogen-bond donors (Lipinski definition) is 0. The van der Waals surface area contributed by atoms with Crippen molar-refractivity contribution in [3.8, 4) is 5.69 Å². The standard InChI is InChI=1S/C30H32F4N6O/c1-19(38-12-11-28(17-38)9-10-28)20-13-23(30(32,33)34)24-16-39(27(41)40(24)15-20)22-6-3-5-21(14-22)29(7-4-8-29)25(31)26-36-35-18-37(26)2/h3,5-6,13-16,18-19,25H,4,7-12,17H2,1-2H3/q+1/t19-,25+/m1/s1. The zero-order valence-corrected chi connectivity index (χ0v) is 23.0. The molecule has 0 bridgehead atoms. The Morgan fingerprint density at radius 3 is 2.46 bits per heavy atom. The summed E-state index contributed by atoms with van der Waals surface area (Å²) in [6.45, 7) is 3.63. The van der Waals surface area contributed by atoms with Gasteiger partial charge in [0.2, 0.25) is 0 Å². The summed E-state index contributed by atoms with van der Waals surface area (Å²) in [5.41, 5.74) is -0.593. The molecule has 0 N–H and O–H groups in total. The Hall–Kier alpha value is -3.34. The van der Waals surface area contributed by atoms with E-state index in [1.165, 1.54) is 36.0 Å². The molecule has 41 heavy (non-hydrogen) atoms. The third-order valence-electron chi connectivity index (χ3n) is 9.95. The van der Waals surface area contributed by atoms with E-state index in [1.807, 2.05) is 13.0 Å². The van der Waals surface area contributed by atoms with Crippen molar-refractivity contribution >= 4 is 11.9 Å². The van der Waals surface area contributed by atoms with Gasteiger partial charge in [-0.05, 0) is 85.4 Å². The summed E-state index contributed by atoms with van der Waals surface area (Å²) in [6.07, 6.45) is 3.86. The number of hydrogen-bond acceptors (Lipinski definition) is 4. The van der Waals surface area contributed by atoms with Gasteiger partial charge >= 0.3 is 24.4 Å². The molecule has 7 nitrogen and oxygen atoms in total. The van der Waals surface area contributed by atoms with E-state index in [0.29, 0.717) is 35.1 Å². The molecular weight excluding hydrogens is 536 g/mol. The van der Waals surface area contributed by atoms with Crippen molar-refractivity contribution in [3.63, 3.8) is 0 Å². The molecule has 1 aromatic carbocycles. The Balaban J connectivity index is 1.29.